The number of hydrogen-bond donors (Lipinski definition) is 1. The fourth-order valence-corrected chi connectivity index (χ4v) is 4.05. The van der Waals surface area contributed by atoms with Crippen LogP contribution in [0.5, 0.6) is 0 Å². The Hall–Kier alpha value is -0.373. The van der Waals surface area contributed by atoms with Gasteiger partial charge < -0.3 is 4.43 Å². The van der Waals surface area contributed by atoms with Crippen molar-refractivity contribution in [1.82, 2.24) is 5.32 Å². The lowest BCUT2D eigenvalue weighted by Crippen LogP contribution is -2.48. The quantitative estimate of drug-likeness (QED) is 0.412. The Kier molecular flexibility index (Phi) is 8.60. The highest BCUT2D eigenvalue weighted by molar-refractivity contribution is 9.10. The normalized spacial score (nSPS) is 15.9. The molecule has 0 aliphatic heterocycles. The van der Waals surface area contributed by atoms with Crippen molar-refractivity contribution in [2.75, 3.05) is 6.61 Å². The topological polar surface area (TPSA) is 21.3 Å². The zero-order chi connectivity index (χ0) is 21.0. The second kappa shape index (κ2) is 9.42. The molecule has 0 aromatic heterocycles. The summed E-state index contributed by atoms with van der Waals surface area (Å²) in [5.74, 6) is 0.266. The molecule has 0 heterocycles. The van der Waals surface area contributed by atoms with E-state index in [4.69, 9.17) is 4.43 Å². The van der Waals surface area contributed by atoms with Crippen LogP contribution < -0.4 is 5.32 Å². The molecule has 1 N–H and O–H groups in total. The van der Waals surface area contributed by atoms with Crippen molar-refractivity contribution < 1.29 is 17.6 Å². The van der Waals surface area contributed by atoms with E-state index in [0.29, 0.717) is 10.9 Å². The van der Waals surface area contributed by atoms with E-state index < -0.39 is 20.5 Å². The summed E-state index contributed by atoms with van der Waals surface area (Å²) in [6.07, 6.45) is -3.76. The van der Waals surface area contributed by atoms with Gasteiger partial charge in [0.1, 0.15) is 6.04 Å². The van der Waals surface area contributed by atoms with Crippen molar-refractivity contribution >= 4 is 24.2 Å². The summed E-state index contributed by atoms with van der Waals surface area (Å²) in [5, 5.41) is 2.86. The average Bonchev–Trinajstić information content (AvgIpc) is 2.47. The van der Waals surface area contributed by atoms with Crippen LogP contribution >= 0.6 is 15.9 Å². The van der Waals surface area contributed by atoms with Crippen LogP contribution in [0.15, 0.2) is 28.7 Å². The average molecular weight is 468 g/mol. The van der Waals surface area contributed by atoms with Gasteiger partial charge in [0, 0.05) is 17.1 Å². The van der Waals surface area contributed by atoms with Gasteiger partial charge in [-0.15, -0.1) is 0 Å². The van der Waals surface area contributed by atoms with Gasteiger partial charge in [0.25, 0.3) is 0 Å². The van der Waals surface area contributed by atoms with Crippen LogP contribution in [-0.2, 0) is 4.43 Å². The first-order valence-electron chi connectivity index (χ1n) is 9.35. The van der Waals surface area contributed by atoms with Gasteiger partial charge in [-0.3, -0.25) is 5.32 Å². The molecule has 0 amide bonds. The molecule has 27 heavy (non-hydrogen) atoms. The standard InChI is InChI=1S/C20H33BrF3NOSi/c1-14(2)11-17(13-26-27(6,7)19(3,4)5)25-18(20(22,23)24)15-9-8-10-16(21)12-15/h8-10,12,14,17-18,25H,11,13H2,1-7H3/t17-,18-/m0/s1. The predicted octanol–water partition coefficient (Wildman–Crippen LogP) is 7.08. The number of rotatable bonds is 8. The molecular formula is C20H33BrF3NOSi. The Balaban J connectivity index is 3.03. The second-order valence-corrected chi connectivity index (χ2v) is 14.8. The molecule has 0 spiro atoms. The van der Waals surface area contributed by atoms with Crippen molar-refractivity contribution in [1.29, 1.82) is 0 Å². The molecule has 1 aromatic carbocycles. The first-order valence-corrected chi connectivity index (χ1v) is 13.1. The van der Waals surface area contributed by atoms with Crippen LogP contribution in [0.3, 0.4) is 0 Å². The van der Waals surface area contributed by atoms with E-state index in [1.165, 1.54) is 12.1 Å². The summed E-state index contributed by atoms with van der Waals surface area (Å²) in [7, 11) is -2.03. The Morgan fingerprint density at radius 2 is 1.74 bits per heavy atom. The molecule has 0 radical (unpaired) electrons. The van der Waals surface area contributed by atoms with Gasteiger partial charge in [0.2, 0.25) is 0 Å². The summed E-state index contributed by atoms with van der Waals surface area (Å²) in [4.78, 5) is 0. The van der Waals surface area contributed by atoms with E-state index in [1.54, 1.807) is 12.1 Å². The number of halogens is 4. The van der Waals surface area contributed by atoms with Gasteiger partial charge >= 0.3 is 6.18 Å². The summed E-state index contributed by atoms with van der Waals surface area (Å²) in [6, 6.07) is 4.29. The lowest BCUT2D eigenvalue weighted by Gasteiger charge is -2.38. The van der Waals surface area contributed by atoms with Gasteiger partial charge in [-0.05, 0) is 48.2 Å². The summed E-state index contributed by atoms with van der Waals surface area (Å²) in [6.45, 7) is 14.9. The van der Waals surface area contributed by atoms with E-state index in [1.807, 2.05) is 13.8 Å². The van der Waals surface area contributed by atoms with Crippen molar-refractivity contribution in [3.8, 4) is 0 Å². The van der Waals surface area contributed by atoms with Crippen molar-refractivity contribution in [3.63, 3.8) is 0 Å². The lowest BCUT2D eigenvalue weighted by molar-refractivity contribution is -0.160. The number of alkyl halides is 3. The van der Waals surface area contributed by atoms with E-state index in [2.05, 4.69) is 55.1 Å². The molecule has 1 rings (SSSR count). The van der Waals surface area contributed by atoms with E-state index in [0.717, 1.165) is 0 Å². The Bertz CT molecular complexity index is 600. The molecule has 0 unspecified atom stereocenters. The third-order valence-electron chi connectivity index (χ3n) is 5.12. The maximum absolute atomic E-state index is 13.8. The zero-order valence-electron chi connectivity index (χ0n) is 17.4. The second-order valence-electron chi connectivity index (χ2n) is 9.09. The highest BCUT2D eigenvalue weighted by Crippen LogP contribution is 2.38. The Morgan fingerprint density at radius 3 is 2.19 bits per heavy atom. The Labute approximate surface area is 171 Å². The van der Waals surface area contributed by atoms with Gasteiger partial charge in [-0.1, -0.05) is 62.7 Å². The van der Waals surface area contributed by atoms with Crippen LogP contribution in [0.25, 0.3) is 0 Å². The molecule has 2 atom stereocenters. The first-order chi connectivity index (χ1) is 12.1. The van der Waals surface area contributed by atoms with Crippen molar-refractivity contribution in [3.05, 3.63) is 34.3 Å². The smallest absolute Gasteiger partial charge is 0.407 e. The molecule has 0 fully saturated rings. The molecule has 0 saturated carbocycles. The van der Waals surface area contributed by atoms with E-state index >= 15 is 0 Å². The molecule has 0 aliphatic rings. The van der Waals surface area contributed by atoms with Crippen LogP contribution in [-0.4, -0.2) is 27.1 Å². The van der Waals surface area contributed by atoms with Crippen LogP contribution in [0.4, 0.5) is 13.2 Å². The minimum atomic E-state index is -4.38. The van der Waals surface area contributed by atoms with Crippen LogP contribution in [0.1, 0.15) is 52.6 Å². The fraction of sp³-hybridized carbons (Fsp3) is 0.700. The minimum absolute atomic E-state index is 0.0170. The molecule has 0 bridgehead atoms. The highest BCUT2D eigenvalue weighted by atomic mass is 79.9. The molecular weight excluding hydrogens is 435 g/mol. The maximum Gasteiger partial charge on any atom is 0.407 e. The summed E-state index contributed by atoms with van der Waals surface area (Å²) in [5.41, 5.74) is 0.206. The number of nitrogens with one attached hydrogen (secondary N) is 1. The highest BCUT2D eigenvalue weighted by Gasteiger charge is 2.43. The van der Waals surface area contributed by atoms with Gasteiger partial charge in [0.15, 0.2) is 8.32 Å². The third-order valence-corrected chi connectivity index (χ3v) is 10.1. The van der Waals surface area contributed by atoms with E-state index in [-0.39, 0.29) is 29.2 Å². The van der Waals surface area contributed by atoms with Gasteiger partial charge in [-0.25, -0.2) is 0 Å². The van der Waals surface area contributed by atoms with E-state index in [9.17, 15) is 13.2 Å². The lowest BCUT2D eigenvalue weighted by atomic mass is 10.0. The minimum Gasteiger partial charge on any atom is -0.415 e. The molecule has 1 aromatic rings. The summed E-state index contributed by atoms with van der Waals surface area (Å²) >= 11 is 3.27. The van der Waals surface area contributed by atoms with Crippen molar-refractivity contribution in [2.45, 2.75) is 77.4 Å². The monoisotopic (exact) mass is 467 g/mol. The van der Waals surface area contributed by atoms with Crippen molar-refractivity contribution in [2.24, 2.45) is 5.92 Å². The number of benzene rings is 1. The van der Waals surface area contributed by atoms with Gasteiger partial charge in [-0.2, -0.15) is 13.2 Å². The predicted molar refractivity (Wildman–Crippen MR) is 112 cm³/mol. The molecule has 0 aliphatic carbocycles. The number of hydrogen-bond acceptors (Lipinski definition) is 2. The Morgan fingerprint density at radius 1 is 1.15 bits per heavy atom. The summed E-state index contributed by atoms with van der Waals surface area (Å²) < 4.78 is 48.2. The van der Waals surface area contributed by atoms with Crippen LogP contribution in [0, 0.1) is 5.92 Å². The fourth-order valence-electron chi connectivity index (χ4n) is 2.58. The molecule has 0 saturated heterocycles. The SMILES string of the molecule is CC(C)C[C@@H](CO[Si](C)(C)C(C)(C)C)N[C@@H](c1cccc(Br)c1)C(F)(F)F. The zero-order valence-corrected chi connectivity index (χ0v) is 20.0. The third kappa shape index (κ3) is 7.87. The van der Waals surface area contributed by atoms with Gasteiger partial charge in [0.05, 0.1) is 0 Å². The van der Waals surface area contributed by atoms with Crippen LogP contribution in [0.2, 0.25) is 18.1 Å². The molecule has 2 nitrogen and oxygen atoms in total. The first kappa shape index (κ1) is 24.7. The molecule has 156 valence electrons. The largest absolute Gasteiger partial charge is 0.415 e. The maximum atomic E-state index is 13.8. The molecule has 7 heteroatoms.